The molecule has 35 heavy (non-hydrogen) atoms. The van der Waals surface area contributed by atoms with Crippen molar-refractivity contribution in [1.82, 2.24) is 15.2 Å². The Kier molecular flexibility index (Phi) is 6.84. The Bertz CT molecular complexity index is 1410. The van der Waals surface area contributed by atoms with E-state index in [1.807, 2.05) is 0 Å². The summed E-state index contributed by atoms with van der Waals surface area (Å²) in [6, 6.07) is 14.7. The van der Waals surface area contributed by atoms with Crippen molar-refractivity contribution in [3.05, 3.63) is 65.2 Å². The van der Waals surface area contributed by atoms with Crippen LogP contribution in [0.5, 0.6) is 0 Å². The summed E-state index contributed by atoms with van der Waals surface area (Å²) in [5.74, 6) is 0.209. The largest absolute Gasteiger partial charge is 0.411 e. The van der Waals surface area contributed by atoms with Gasteiger partial charge in [-0.15, -0.1) is 21.5 Å². The van der Waals surface area contributed by atoms with E-state index < -0.39 is 10.0 Å². The molecule has 9 nitrogen and oxygen atoms in total. The number of nitrogens with zero attached hydrogens (tertiary/aromatic N) is 3. The predicted octanol–water partition coefficient (Wildman–Crippen LogP) is 4.60. The van der Waals surface area contributed by atoms with Crippen molar-refractivity contribution in [3.63, 3.8) is 0 Å². The zero-order chi connectivity index (χ0) is 24.3. The number of fused-ring (bicyclic) bond motifs is 1. The van der Waals surface area contributed by atoms with Gasteiger partial charge in [-0.2, -0.15) is 0 Å². The molecule has 2 heterocycles. The second kappa shape index (κ2) is 10.2. The summed E-state index contributed by atoms with van der Waals surface area (Å²) in [6.07, 6.45) is 4.32. The number of sulfonamides is 1. The number of anilines is 2. The minimum Gasteiger partial charge on any atom is -0.411 e. The molecule has 12 heteroatoms. The quantitative estimate of drug-likeness (QED) is 0.318. The summed E-state index contributed by atoms with van der Waals surface area (Å²) in [7, 11) is -3.67. The Labute approximate surface area is 210 Å². The van der Waals surface area contributed by atoms with Crippen molar-refractivity contribution < 1.29 is 17.6 Å². The fraction of sp³-hybridized carbons (Fsp3) is 0.217. The molecule has 2 aromatic heterocycles. The summed E-state index contributed by atoms with van der Waals surface area (Å²) >= 11 is 2.68. The number of thiazole rings is 1. The number of hydrogen-bond donors (Lipinski definition) is 2. The molecule has 0 saturated carbocycles. The maximum atomic E-state index is 12.5. The van der Waals surface area contributed by atoms with Gasteiger partial charge in [-0.1, -0.05) is 30.0 Å². The fourth-order valence-electron chi connectivity index (χ4n) is 3.57. The van der Waals surface area contributed by atoms with Crippen LogP contribution in [0.1, 0.15) is 23.4 Å². The molecule has 1 amide bonds. The Hall–Kier alpha value is -3.22. The van der Waals surface area contributed by atoms with E-state index in [-0.39, 0.29) is 27.7 Å². The number of carbonyl (C=O) groups excluding carboxylic acids is 1. The summed E-state index contributed by atoms with van der Waals surface area (Å²) in [6.45, 7) is 0. The average molecular weight is 528 g/mol. The van der Waals surface area contributed by atoms with Crippen molar-refractivity contribution in [3.8, 4) is 11.5 Å². The van der Waals surface area contributed by atoms with E-state index in [9.17, 15) is 13.2 Å². The van der Waals surface area contributed by atoms with Crippen LogP contribution in [0.2, 0.25) is 0 Å². The first-order chi connectivity index (χ1) is 17.0. The Morgan fingerprint density at radius 2 is 1.80 bits per heavy atom. The van der Waals surface area contributed by atoms with Crippen LogP contribution in [0.25, 0.3) is 11.5 Å². The van der Waals surface area contributed by atoms with Crippen LogP contribution >= 0.6 is 23.1 Å². The Morgan fingerprint density at radius 3 is 2.57 bits per heavy atom. The smallest absolute Gasteiger partial charge is 0.277 e. The normalized spacial score (nSPS) is 13.3. The number of aromatic nitrogens is 3. The molecule has 2 N–H and O–H groups in total. The molecule has 0 fully saturated rings. The molecule has 0 aliphatic heterocycles. The average Bonchev–Trinajstić information content (AvgIpc) is 3.50. The number of carbonyl (C=O) groups is 1. The zero-order valence-electron chi connectivity index (χ0n) is 18.4. The number of hydrogen-bond acceptors (Lipinski definition) is 9. The van der Waals surface area contributed by atoms with E-state index in [0.29, 0.717) is 16.4 Å². The van der Waals surface area contributed by atoms with Crippen LogP contribution in [-0.4, -0.2) is 35.3 Å². The molecular weight excluding hydrogens is 506 g/mol. The second-order valence-electron chi connectivity index (χ2n) is 7.80. The molecule has 0 radical (unpaired) electrons. The maximum absolute atomic E-state index is 12.5. The van der Waals surface area contributed by atoms with Crippen molar-refractivity contribution in [2.24, 2.45) is 0 Å². The zero-order valence-corrected chi connectivity index (χ0v) is 20.9. The molecule has 180 valence electrons. The van der Waals surface area contributed by atoms with Crippen LogP contribution in [0, 0.1) is 0 Å². The molecule has 0 saturated heterocycles. The minimum atomic E-state index is -3.67. The van der Waals surface area contributed by atoms with Gasteiger partial charge in [-0.05, 0) is 62.1 Å². The molecule has 5 rings (SSSR count). The highest BCUT2D eigenvalue weighted by molar-refractivity contribution is 7.99. The lowest BCUT2D eigenvalue weighted by atomic mass is 10.0. The van der Waals surface area contributed by atoms with E-state index in [1.54, 1.807) is 53.8 Å². The highest BCUT2D eigenvalue weighted by atomic mass is 32.2. The third-order valence-corrected chi connectivity index (χ3v) is 8.55. The lowest BCUT2D eigenvalue weighted by Gasteiger charge is -2.08. The third kappa shape index (κ3) is 5.72. The highest BCUT2D eigenvalue weighted by Gasteiger charge is 2.18. The monoisotopic (exact) mass is 527 g/mol. The van der Waals surface area contributed by atoms with Crippen LogP contribution in [0.15, 0.2) is 69.1 Å². The third-order valence-electron chi connectivity index (χ3n) is 5.26. The first-order valence-electron chi connectivity index (χ1n) is 10.9. The lowest BCUT2D eigenvalue weighted by Crippen LogP contribution is -2.13. The lowest BCUT2D eigenvalue weighted by molar-refractivity contribution is -0.113. The minimum absolute atomic E-state index is 0.117. The Balaban J connectivity index is 1.16. The second-order valence-corrected chi connectivity index (χ2v) is 11.5. The molecule has 0 atom stereocenters. The van der Waals surface area contributed by atoms with Crippen molar-refractivity contribution in [1.29, 1.82) is 0 Å². The van der Waals surface area contributed by atoms with Crippen LogP contribution in [0.4, 0.5) is 10.8 Å². The van der Waals surface area contributed by atoms with E-state index in [1.165, 1.54) is 23.4 Å². The topological polar surface area (TPSA) is 127 Å². The van der Waals surface area contributed by atoms with Gasteiger partial charge in [-0.25, -0.2) is 13.4 Å². The number of nitrogens with one attached hydrogen (secondary N) is 2. The number of amides is 1. The van der Waals surface area contributed by atoms with Crippen LogP contribution < -0.4 is 10.0 Å². The van der Waals surface area contributed by atoms with Gasteiger partial charge in [-0.3, -0.25) is 9.52 Å². The molecule has 0 unspecified atom stereocenters. The molecule has 1 aliphatic rings. The fourth-order valence-corrected chi connectivity index (χ4v) is 6.28. The van der Waals surface area contributed by atoms with Gasteiger partial charge in [0.2, 0.25) is 11.8 Å². The van der Waals surface area contributed by atoms with E-state index in [2.05, 4.69) is 25.2 Å². The molecular formula is C23H21N5O4S3. The number of aryl methyl sites for hydroxylation is 2. The summed E-state index contributed by atoms with van der Waals surface area (Å²) in [4.78, 5) is 18.3. The van der Waals surface area contributed by atoms with Crippen LogP contribution in [0.3, 0.4) is 0 Å². The Morgan fingerprint density at radius 1 is 1.03 bits per heavy atom. The van der Waals surface area contributed by atoms with E-state index in [4.69, 9.17) is 4.42 Å². The number of thioether (sulfide) groups is 1. The van der Waals surface area contributed by atoms with Gasteiger partial charge in [0.15, 0.2) is 5.13 Å². The molecule has 4 aromatic rings. The molecule has 1 aliphatic carbocycles. The first-order valence-corrected chi connectivity index (χ1v) is 14.2. The maximum Gasteiger partial charge on any atom is 0.277 e. The van der Waals surface area contributed by atoms with Crippen molar-refractivity contribution in [2.75, 3.05) is 15.8 Å². The first kappa shape index (κ1) is 23.5. The van der Waals surface area contributed by atoms with Gasteiger partial charge < -0.3 is 9.73 Å². The van der Waals surface area contributed by atoms with Gasteiger partial charge >= 0.3 is 0 Å². The van der Waals surface area contributed by atoms with E-state index in [0.717, 1.165) is 36.7 Å². The van der Waals surface area contributed by atoms with Gasteiger partial charge in [0.05, 0.1) is 16.3 Å². The standard InChI is InChI=1S/C23H21N5O4S3/c29-20(25-22-24-18-8-4-5-9-19(18)34-22)14-33-23-27-26-21(32-23)15-10-12-16(13-11-15)28-35(30,31)17-6-2-1-3-7-17/h1-3,6-7,10-13,28H,4-5,8-9,14H2,(H,24,25,29). The van der Waals surface area contributed by atoms with Gasteiger partial charge in [0.1, 0.15) is 0 Å². The molecule has 0 spiro atoms. The molecule has 0 bridgehead atoms. The molecule has 2 aromatic carbocycles. The van der Waals surface area contributed by atoms with E-state index >= 15 is 0 Å². The number of benzene rings is 2. The summed E-state index contributed by atoms with van der Waals surface area (Å²) in [5.41, 5.74) is 2.14. The van der Waals surface area contributed by atoms with Crippen LogP contribution in [-0.2, 0) is 27.7 Å². The summed E-state index contributed by atoms with van der Waals surface area (Å²) in [5, 5.41) is 11.8. The van der Waals surface area contributed by atoms with Crippen molar-refractivity contribution >= 4 is 49.8 Å². The van der Waals surface area contributed by atoms with Gasteiger partial charge in [0.25, 0.3) is 15.2 Å². The van der Waals surface area contributed by atoms with Crippen molar-refractivity contribution in [2.45, 2.75) is 35.8 Å². The summed E-state index contributed by atoms with van der Waals surface area (Å²) < 4.78 is 33.1. The SMILES string of the molecule is O=C(CSc1nnc(-c2ccc(NS(=O)(=O)c3ccccc3)cc2)o1)Nc1nc2c(s1)CCCC2. The van der Waals surface area contributed by atoms with Gasteiger partial charge in [0, 0.05) is 16.1 Å². The predicted molar refractivity (Wildman–Crippen MR) is 135 cm³/mol. The highest BCUT2D eigenvalue weighted by Crippen LogP contribution is 2.30. The number of rotatable bonds is 8.